The first-order chi connectivity index (χ1) is 8.58. The normalized spacial score (nSPS) is 26.6. The third kappa shape index (κ3) is 3.41. The van der Waals surface area contributed by atoms with Crippen molar-refractivity contribution < 1.29 is 19.4 Å². The van der Waals surface area contributed by atoms with E-state index >= 15 is 0 Å². The van der Waals surface area contributed by atoms with Crippen molar-refractivity contribution in [2.75, 3.05) is 26.3 Å². The second-order valence-electron chi connectivity index (χ2n) is 4.81. The number of carboxylic acids is 1. The zero-order chi connectivity index (χ0) is 13.1. The first-order valence-electron chi connectivity index (χ1n) is 6.18. The van der Waals surface area contributed by atoms with Crippen molar-refractivity contribution in [3.05, 3.63) is 0 Å². The number of hydrogen-bond acceptors (Lipinski definition) is 5. The number of nitrogens with zero attached hydrogens (tertiary/aromatic N) is 1. The largest absolute Gasteiger partial charge is 0.480 e. The zero-order valence-electron chi connectivity index (χ0n) is 10.2. The second-order valence-corrected chi connectivity index (χ2v) is 4.81. The number of carbonyl (C=O) groups excluding carboxylic acids is 1. The molecule has 18 heavy (non-hydrogen) atoms. The lowest BCUT2D eigenvalue weighted by atomic mass is 10.1. The van der Waals surface area contributed by atoms with Gasteiger partial charge in [0, 0.05) is 19.1 Å². The van der Waals surface area contributed by atoms with Crippen molar-refractivity contribution in [1.29, 1.82) is 0 Å². The molecule has 2 aliphatic rings. The van der Waals surface area contributed by atoms with Gasteiger partial charge >= 0.3 is 5.97 Å². The number of morpholine rings is 1. The molecule has 1 amide bonds. The topological polar surface area (TPSA) is 105 Å². The van der Waals surface area contributed by atoms with E-state index in [1.165, 1.54) is 0 Å². The van der Waals surface area contributed by atoms with Gasteiger partial charge in [0.2, 0.25) is 5.91 Å². The lowest BCUT2D eigenvalue weighted by Gasteiger charge is -2.35. The summed E-state index contributed by atoms with van der Waals surface area (Å²) >= 11 is 0. The van der Waals surface area contributed by atoms with E-state index in [1.54, 1.807) is 4.90 Å². The van der Waals surface area contributed by atoms with Crippen molar-refractivity contribution >= 4 is 11.9 Å². The third-order valence-corrected chi connectivity index (χ3v) is 3.21. The number of rotatable bonds is 5. The van der Waals surface area contributed by atoms with Crippen LogP contribution in [0.2, 0.25) is 0 Å². The van der Waals surface area contributed by atoms with Crippen LogP contribution in [0.5, 0.6) is 0 Å². The molecular formula is C11H19N3O4. The summed E-state index contributed by atoms with van der Waals surface area (Å²) < 4.78 is 5.29. The molecule has 1 saturated heterocycles. The van der Waals surface area contributed by atoms with E-state index in [4.69, 9.17) is 15.6 Å². The lowest BCUT2D eigenvalue weighted by Crippen LogP contribution is -2.57. The number of amides is 1. The van der Waals surface area contributed by atoms with E-state index < -0.39 is 18.1 Å². The van der Waals surface area contributed by atoms with E-state index in [9.17, 15) is 9.59 Å². The van der Waals surface area contributed by atoms with Crippen molar-refractivity contribution in [1.82, 2.24) is 10.2 Å². The average Bonchev–Trinajstić information content (AvgIpc) is 3.13. The number of ether oxygens (including phenoxy) is 1. The fourth-order valence-corrected chi connectivity index (χ4v) is 1.95. The molecule has 7 nitrogen and oxygen atoms in total. The van der Waals surface area contributed by atoms with Crippen LogP contribution in [0.3, 0.4) is 0 Å². The van der Waals surface area contributed by atoms with Crippen LogP contribution in [0, 0.1) is 0 Å². The Labute approximate surface area is 105 Å². The summed E-state index contributed by atoms with van der Waals surface area (Å²) in [6.07, 6.45) is 2.04. The van der Waals surface area contributed by atoms with Gasteiger partial charge in [0.25, 0.3) is 0 Å². The maximum Gasteiger partial charge on any atom is 0.321 e. The Hall–Kier alpha value is -1.18. The first kappa shape index (κ1) is 13.3. The van der Waals surface area contributed by atoms with Gasteiger partial charge in [0.1, 0.15) is 12.1 Å². The highest BCUT2D eigenvalue weighted by molar-refractivity contribution is 5.82. The summed E-state index contributed by atoms with van der Waals surface area (Å²) in [4.78, 5) is 24.5. The maximum atomic E-state index is 12.0. The Kier molecular flexibility index (Phi) is 4.15. The lowest BCUT2D eigenvalue weighted by molar-refractivity contribution is -0.142. The van der Waals surface area contributed by atoms with Gasteiger partial charge in [0.15, 0.2) is 0 Å². The van der Waals surface area contributed by atoms with E-state index in [-0.39, 0.29) is 18.5 Å². The summed E-state index contributed by atoms with van der Waals surface area (Å²) in [6.45, 7) is 1.50. The van der Waals surface area contributed by atoms with Gasteiger partial charge in [-0.15, -0.1) is 0 Å². The molecule has 1 heterocycles. The highest BCUT2D eigenvalue weighted by Gasteiger charge is 2.34. The number of carbonyl (C=O) groups is 2. The molecule has 1 aliphatic heterocycles. The Balaban J connectivity index is 1.91. The molecule has 7 heteroatoms. The highest BCUT2D eigenvalue weighted by atomic mass is 16.5. The van der Waals surface area contributed by atoms with Crippen molar-refractivity contribution in [3.8, 4) is 0 Å². The minimum Gasteiger partial charge on any atom is -0.480 e. The fourth-order valence-electron chi connectivity index (χ4n) is 1.95. The average molecular weight is 257 g/mol. The monoisotopic (exact) mass is 257 g/mol. The van der Waals surface area contributed by atoms with Crippen LogP contribution in [0.25, 0.3) is 0 Å². The predicted octanol–water partition coefficient (Wildman–Crippen LogP) is -1.62. The smallest absolute Gasteiger partial charge is 0.321 e. The van der Waals surface area contributed by atoms with Crippen LogP contribution in [-0.2, 0) is 14.3 Å². The molecular weight excluding hydrogens is 238 g/mol. The van der Waals surface area contributed by atoms with E-state index in [0.717, 1.165) is 12.8 Å². The quantitative estimate of drug-likeness (QED) is 0.546. The van der Waals surface area contributed by atoms with Gasteiger partial charge < -0.3 is 20.9 Å². The molecule has 2 rings (SSSR count). The van der Waals surface area contributed by atoms with Crippen LogP contribution in [0.15, 0.2) is 0 Å². The van der Waals surface area contributed by atoms with Gasteiger partial charge in [-0.25, -0.2) is 0 Å². The number of nitrogens with one attached hydrogen (secondary N) is 1. The van der Waals surface area contributed by atoms with E-state index in [2.05, 4.69) is 5.32 Å². The number of aliphatic carboxylic acids is 1. The number of carboxylic acid groups (broad SMARTS) is 1. The van der Waals surface area contributed by atoms with Gasteiger partial charge in [-0.1, -0.05) is 0 Å². The molecule has 0 aromatic rings. The maximum absolute atomic E-state index is 12.0. The zero-order valence-corrected chi connectivity index (χ0v) is 10.2. The van der Waals surface area contributed by atoms with Crippen molar-refractivity contribution in [2.24, 2.45) is 5.73 Å². The minimum absolute atomic E-state index is 0.0882. The molecule has 2 fully saturated rings. The summed E-state index contributed by atoms with van der Waals surface area (Å²) in [5.74, 6) is -1.14. The Morgan fingerprint density at radius 1 is 1.50 bits per heavy atom. The van der Waals surface area contributed by atoms with Crippen LogP contribution < -0.4 is 11.1 Å². The van der Waals surface area contributed by atoms with Crippen molar-refractivity contribution in [2.45, 2.75) is 31.0 Å². The van der Waals surface area contributed by atoms with Gasteiger partial charge in [-0.05, 0) is 12.8 Å². The molecule has 2 unspecified atom stereocenters. The molecule has 0 radical (unpaired) electrons. The van der Waals surface area contributed by atoms with Gasteiger partial charge in [-0.2, -0.15) is 0 Å². The van der Waals surface area contributed by atoms with Crippen LogP contribution in [0.4, 0.5) is 0 Å². The predicted molar refractivity (Wildman–Crippen MR) is 63.0 cm³/mol. The molecule has 0 aromatic carbocycles. The van der Waals surface area contributed by atoms with Gasteiger partial charge in [-0.3, -0.25) is 14.5 Å². The molecule has 0 aromatic heterocycles. The Morgan fingerprint density at radius 3 is 2.83 bits per heavy atom. The summed E-state index contributed by atoms with van der Waals surface area (Å²) in [7, 11) is 0. The molecule has 4 N–H and O–H groups in total. The van der Waals surface area contributed by atoms with Crippen LogP contribution in [0.1, 0.15) is 12.8 Å². The Morgan fingerprint density at radius 2 is 2.22 bits per heavy atom. The van der Waals surface area contributed by atoms with Gasteiger partial charge in [0.05, 0.1) is 13.2 Å². The van der Waals surface area contributed by atoms with Crippen LogP contribution in [-0.4, -0.2) is 66.3 Å². The molecule has 0 spiro atoms. The Bertz CT molecular complexity index is 332. The van der Waals surface area contributed by atoms with Crippen molar-refractivity contribution in [3.63, 3.8) is 0 Å². The fraction of sp³-hybridized carbons (Fsp3) is 0.818. The molecule has 2 atom stereocenters. The SMILES string of the molecule is NC(CN1CCOCC1C(=O)NC1CC1)C(=O)O. The summed E-state index contributed by atoms with van der Waals surface area (Å²) in [6, 6.07) is -1.11. The number of nitrogens with two attached hydrogens (primary N) is 1. The standard InChI is InChI=1S/C11H19N3O4/c12-8(11(16)17)5-14-3-4-18-6-9(14)10(15)13-7-1-2-7/h7-9H,1-6,12H2,(H,13,15)(H,16,17). The molecule has 102 valence electrons. The molecule has 1 aliphatic carbocycles. The third-order valence-electron chi connectivity index (χ3n) is 3.21. The number of hydrogen-bond donors (Lipinski definition) is 3. The first-order valence-corrected chi connectivity index (χ1v) is 6.18. The van der Waals surface area contributed by atoms with E-state index in [1.807, 2.05) is 0 Å². The second kappa shape index (κ2) is 5.64. The highest BCUT2D eigenvalue weighted by Crippen LogP contribution is 2.19. The molecule has 1 saturated carbocycles. The van der Waals surface area contributed by atoms with E-state index in [0.29, 0.717) is 19.8 Å². The summed E-state index contributed by atoms with van der Waals surface area (Å²) in [5, 5.41) is 11.7. The van der Waals surface area contributed by atoms with Crippen LogP contribution >= 0.6 is 0 Å². The molecule has 0 bridgehead atoms. The minimum atomic E-state index is -1.05. The summed E-state index contributed by atoms with van der Waals surface area (Å²) in [5.41, 5.74) is 5.51.